The summed E-state index contributed by atoms with van der Waals surface area (Å²) in [6, 6.07) is 6.76. The van der Waals surface area contributed by atoms with Gasteiger partial charge < -0.3 is 20.5 Å². The normalized spacial score (nSPS) is 16.3. The van der Waals surface area contributed by atoms with Gasteiger partial charge >= 0.3 is 0 Å². The van der Waals surface area contributed by atoms with E-state index in [-0.39, 0.29) is 18.4 Å². The summed E-state index contributed by atoms with van der Waals surface area (Å²) in [4.78, 5) is 37.7. The Morgan fingerprint density at radius 1 is 1.22 bits per heavy atom. The second-order valence-electron chi connectivity index (χ2n) is 8.39. The number of benzene rings is 1. The smallest absolute Gasteiger partial charge is 0.272 e. The van der Waals surface area contributed by atoms with Gasteiger partial charge in [0.2, 0.25) is 0 Å². The lowest BCUT2D eigenvalue weighted by atomic mass is 9.98. The molecule has 0 atom stereocenters. The van der Waals surface area contributed by atoms with Gasteiger partial charge in [0, 0.05) is 66.9 Å². The van der Waals surface area contributed by atoms with Gasteiger partial charge in [0.05, 0.1) is 16.6 Å². The lowest BCUT2D eigenvalue weighted by molar-refractivity contribution is -0.123. The summed E-state index contributed by atoms with van der Waals surface area (Å²) >= 11 is 12.1. The third-order valence-corrected chi connectivity index (χ3v) is 7.03. The molecule has 2 amide bonds. The van der Waals surface area contributed by atoms with Crippen LogP contribution in [0.1, 0.15) is 48.8 Å². The van der Waals surface area contributed by atoms with Gasteiger partial charge in [0.25, 0.3) is 11.8 Å². The first kappa shape index (κ1) is 28.3. The number of aromatic amines is 1. The average Bonchev–Trinajstić information content (AvgIpc) is 3.40. The van der Waals surface area contributed by atoms with Crippen molar-refractivity contribution in [1.29, 1.82) is 0 Å². The summed E-state index contributed by atoms with van der Waals surface area (Å²) in [5.41, 5.74) is 11.2. The number of nitrogens with zero attached hydrogens (tertiary/aromatic N) is 3. The monoisotopic (exact) mass is 541 g/mol. The highest BCUT2D eigenvalue weighted by atomic mass is 35.5. The SMILES string of the molecule is C=Cc1[nH]ccc1/C(=C\C)CN1CCN=C(C2=C(N)CCN(C(=O)c3ccc(Cl)c(Cl)c3)C2)C1=O.CC. The molecule has 0 unspecified atom stereocenters. The van der Waals surface area contributed by atoms with Gasteiger partial charge in [0.15, 0.2) is 0 Å². The van der Waals surface area contributed by atoms with E-state index in [2.05, 4.69) is 16.6 Å². The minimum atomic E-state index is -0.199. The molecule has 0 spiro atoms. The minimum Gasteiger partial charge on any atom is -0.402 e. The van der Waals surface area contributed by atoms with Crippen LogP contribution >= 0.6 is 23.2 Å². The number of aromatic nitrogens is 1. The number of carbonyl (C=O) groups is 2. The highest BCUT2D eigenvalue weighted by molar-refractivity contribution is 6.46. The molecule has 2 aliphatic heterocycles. The van der Waals surface area contributed by atoms with Crippen LogP contribution in [0.4, 0.5) is 0 Å². The van der Waals surface area contributed by atoms with E-state index in [0.717, 1.165) is 16.8 Å². The van der Waals surface area contributed by atoms with Gasteiger partial charge in [-0.1, -0.05) is 49.7 Å². The number of allylic oxidation sites excluding steroid dienone is 1. The Morgan fingerprint density at radius 2 is 1.97 bits per heavy atom. The van der Waals surface area contributed by atoms with Crippen molar-refractivity contribution in [3.05, 3.63) is 81.3 Å². The Balaban J connectivity index is 0.00000186. The lowest BCUT2D eigenvalue weighted by Crippen LogP contribution is -2.47. The first-order valence-electron chi connectivity index (χ1n) is 12.3. The van der Waals surface area contributed by atoms with Crippen molar-refractivity contribution in [2.24, 2.45) is 10.7 Å². The standard InChI is InChI=1S/C26H27Cl2N5O2.C2H6/c1-3-16(18-7-9-30-23(18)4-2)14-33-12-10-31-24(26(33)35)19-15-32(11-8-22(19)29)25(34)17-5-6-20(27)21(28)13-17;1-2/h3-7,9,13,30H,2,8,10-12,14-15,29H2,1H3;1-2H3/b16-3-;. The fourth-order valence-corrected chi connectivity index (χ4v) is 4.63. The van der Waals surface area contributed by atoms with E-state index < -0.39 is 0 Å². The van der Waals surface area contributed by atoms with E-state index in [4.69, 9.17) is 28.9 Å². The molecular formula is C28H33Cl2N5O2. The van der Waals surface area contributed by atoms with Gasteiger partial charge in [-0.2, -0.15) is 0 Å². The number of carbonyl (C=O) groups excluding carboxylic acids is 2. The minimum absolute atomic E-state index is 0.187. The first-order chi connectivity index (χ1) is 17.8. The Hall–Kier alpha value is -3.29. The zero-order chi connectivity index (χ0) is 27.1. The second-order valence-corrected chi connectivity index (χ2v) is 9.20. The van der Waals surface area contributed by atoms with Crippen LogP contribution in [0.2, 0.25) is 10.0 Å². The predicted octanol–water partition coefficient (Wildman–Crippen LogP) is 5.44. The summed E-state index contributed by atoms with van der Waals surface area (Å²) in [6.45, 7) is 11.9. The molecule has 7 nitrogen and oxygen atoms in total. The van der Waals surface area contributed by atoms with Crippen LogP contribution in [-0.4, -0.2) is 65.0 Å². The molecule has 9 heteroatoms. The van der Waals surface area contributed by atoms with Crippen LogP contribution in [-0.2, 0) is 4.79 Å². The number of hydrogen-bond acceptors (Lipinski definition) is 4. The molecule has 3 heterocycles. The Labute approximate surface area is 228 Å². The number of nitrogens with two attached hydrogens (primary N) is 1. The van der Waals surface area contributed by atoms with E-state index in [1.807, 2.05) is 39.1 Å². The summed E-state index contributed by atoms with van der Waals surface area (Å²) in [5, 5.41) is 0.698. The maximum Gasteiger partial charge on any atom is 0.272 e. The zero-order valence-corrected chi connectivity index (χ0v) is 23.0. The van der Waals surface area contributed by atoms with E-state index in [1.165, 1.54) is 0 Å². The van der Waals surface area contributed by atoms with Crippen molar-refractivity contribution >= 4 is 52.4 Å². The third-order valence-electron chi connectivity index (χ3n) is 6.30. The fraction of sp³-hybridized carbons (Fsp3) is 0.321. The molecular weight excluding hydrogens is 509 g/mol. The molecule has 0 bridgehead atoms. The first-order valence-corrected chi connectivity index (χ1v) is 13.1. The van der Waals surface area contributed by atoms with E-state index in [0.29, 0.717) is 65.2 Å². The van der Waals surface area contributed by atoms with E-state index in [9.17, 15) is 9.59 Å². The largest absolute Gasteiger partial charge is 0.402 e. The molecule has 4 rings (SSSR count). The number of hydrogen-bond donors (Lipinski definition) is 2. The maximum atomic E-state index is 13.5. The van der Waals surface area contributed by atoms with E-state index in [1.54, 1.807) is 34.1 Å². The molecule has 2 aliphatic rings. The molecule has 37 heavy (non-hydrogen) atoms. The van der Waals surface area contributed by atoms with Crippen LogP contribution in [0.25, 0.3) is 11.6 Å². The van der Waals surface area contributed by atoms with Crippen molar-refractivity contribution in [3.63, 3.8) is 0 Å². The number of halogens is 2. The predicted molar refractivity (Wildman–Crippen MR) is 153 cm³/mol. The molecule has 196 valence electrons. The molecule has 0 fully saturated rings. The molecule has 1 aromatic heterocycles. The molecule has 0 aliphatic carbocycles. The summed E-state index contributed by atoms with van der Waals surface area (Å²) in [7, 11) is 0. The van der Waals surface area contributed by atoms with Gasteiger partial charge in [-0.25, -0.2) is 0 Å². The zero-order valence-electron chi connectivity index (χ0n) is 21.5. The highest BCUT2D eigenvalue weighted by Crippen LogP contribution is 2.26. The number of H-pyrrole nitrogens is 1. The lowest BCUT2D eigenvalue weighted by Gasteiger charge is -2.33. The summed E-state index contributed by atoms with van der Waals surface area (Å²) < 4.78 is 0. The van der Waals surface area contributed by atoms with Gasteiger partial charge in [-0.15, -0.1) is 0 Å². The Morgan fingerprint density at radius 3 is 2.65 bits per heavy atom. The van der Waals surface area contributed by atoms with Gasteiger partial charge in [-0.05, 0) is 42.8 Å². The van der Waals surface area contributed by atoms with Crippen LogP contribution in [0, 0.1) is 0 Å². The van der Waals surface area contributed by atoms with Crippen LogP contribution in [0.15, 0.2) is 59.4 Å². The van der Waals surface area contributed by atoms with Crippen molar-refractivity contribution in [1.82, 2.24) is 14.8 Å². The maximum absolute atomic E-state index is 13.5. The molecule has 0 saturated heterocycles. The third kappa shape index (κ3) is 6.17. The summed E-state index contributed by atoms with van der Waals surface area (Å²) in [5.74, 6) is -0.386. The fourth-order valence-electron chi connectivity index (χ4n) is 4.34. The Kier molecular flexibility index (Phi) is 9.78. The van der Waals surface area contributed by atoms with Gasteiger partial charge in [0.1, 0.15) is 5.71 Å². The molecule has 2 aromatic rings. The van der Waals surface area contributed by atoms with Crippen molar-refractivity contribution in [3.8, 4) is 0 Å². The van der Waals surface area contributed by atoms with Crippen molar-refractivity contribution in [2.75, 3.05) is 32.7 Å². The van der Waals surface area contributed by atoms with Crippen molar-refractivity contribution < 1.29 is 9.59 Å². The highest BCUT2D eigenvalue weighted by Gasteiger charge is 2.32. The molecule has 1 aromatic carbocycles. The van der Waals surface area contributed by atoms with Crippen LogP contribution in [0.3, 0.4) is 0 Å². The molecule has 0 saturated carbocycles. The topological polar surface area (TPSA) is 94.8 Å². The number of amides is 2. The summed E-state index contributed by atoms with van der Waals surface area (Å²) in [6.07, 6.45) is 6.08. The van der Waals surface area contributed by atoms with Crippen LogP contribution < -0.4 is 5.73 Å². The van der Waals surface area contributed by atoms with Gasteiger partial charge in [-0.3, -0.25) is 14.6 Å². The van der Waals surface area contributed by atoms with E-state index >= 15 is 0 Å². The van der Waals surface area contributed by atoms with Crippen molar-refractivity contribution in [2.45, 2.75) is 27.2 Å². The quantitative estimate of drug-likeness (QED) is 0.509. The Bertz CT molecular complexity index is 1280. The second kappa shape index (κ2) is 12.8. The number of aliphatic imine (C=N–C) groups is 1. The molecule has 0 radical (unpaired) electrons. The molecule has 3 N–H and O–H groups in total. The van der Waals surface area contributed by atoms with Crippen LogP contribution in [0.5, 0.6) is 0 Å². The number of nitrogens with one attached hydrogen (secondary N) is 1. The average molecular weight is 543 g/mol. The number of rotatable bonds is 6.